The van der Waals surface area contributed by atoms with Crippen LogP contribution in [0.15, 0.2) is 30.3 Å². The Morgan fingerprint density at radius 2 is 1.74 bits per heavy atom. The molecule has 1 aliphatic rings. The average molecular weight is 491 g/mol. The smallest absolute Gasteiger partial charge is 0.326 e. The van der Waals surface area contributed by atoms with Crippen LogP contribution in [0.5, 0.6) is 0 Å². The lowest BCUT2D eigenvalue weighted by Crippen LogP contribution is -2.59. The van der Waals surface area contributed by atoms with Gasteiger partial charge in [0.25, 0.3) is 0 Å². The van der Waals surface area contributed by atoms with Crippen molar-refractivity contribution in [1.82, 2.24) is 15.5 Å². The largest absolute Gasteiger partial charge is 0.481 e. The second kappa shape index (κ2) is 12.8. The summed E-state index contributed by atoms with van der Waals surface area (Å²) in [4.78, 5) is 62.9. The summed E-state index contributed by atoms with van der Waals surface area (Å²) in [5.41, 5.74) is 6.90. The van der Waals surface area contributed by atoms with Crippen LogP contribution in [-0.2, 0) is 30.4 Å². The van der Waals surface area contributed by atoms with E-state index < -0.39 is 60.2 Å². The number of nitrogens with two attached hydrogens (primary N) is 1. The molecule has 35 heavy (non-hydrogen) atoms. The predicted octanol–water partition coefficient (Wildman–Crippen LogP) is 0.122. The Morgan fingerprint density at radius 3 is 2.31 bits per heavy atom. The first-order chi connectivity index (χ1) is 16.5. The molecule has 3 amide bonds. The molecule has 0 spiro atoms. The number of likely N-dealkylation sites (tertiary alicyclic amines) is 1. The average Bonchev–Trinajstić information content (AvgIpc) is 3.31. The minimum atomic E-state index is -1.47. The Balaban J connectivity index is 2.15. The number of carbonyl (C=O) groups is 5. The summed E-state index contributed by atoms with van der Waals surface area (Å²) in [6.45, 7) is 3.71. The van der Waals surface area contributed by atoms with Gasteiger partial charge >= 0.3 is 11.9 Å². The number of carboxylic acid groups (broad SMARTS) is 2. The van der Waals surface area contributed by atoms with Gasteiger partial charge in [0, 0.05) is 6.54 Å². The fraction of sp³-hybridized carbons (Fsp3) is 0.542. The van der Waals surface area contributed by atoms with E-state index in [1.165, 1.54) is 0 Å². The number of nitrogens with one attached hydrogen (secondary N) is 2. The lowest BCUT2D eigenvalue weighted by molar-refractivity contribution is -0.150. The number of amides is 3. The van der Waals surface area contributed by atoms with Gasteiger partial charge in [-0.3, -0.25) is 19.2 Å². The summed E-state index contributed by atoms with van der Waals surface area (Å²) >= 11 is 0. The van der Waals surface area contributed by atoms with Crippen LogP contribution in [0.25, 0.3) is 0 Å². The molecule has 2 rings (SSSR count). The topological polar surface area (TPSA) is 179 Å². The molecule has 6 N–H and O–H groups in total. The van der Waals surface area contributed by atoms with Gasteiger partial charge in [-0.05, 0) is 30.7 Å². The molecule has 1 aromatic carbocycles. The Labute approximate surface area is 204 Å². The molecule has 1 heterocycles. The molecule has 0 radical (unpaired) electrons. The Hall–Kier alpha value is -3.47. The first-order valence-corrected chi connectivity index (χ1v) is 11.7. The maximum atomic E-state index is 13.1. The molecular weight excluding hydrogens is 456 g/mol. The molecule has 1 aliphatic heterocycles. The molecule has 192 valence electrons. The number of hydrogen-bond donors (Lipinski definition) is 5. The molecule has 0 aliphatic carbocycles. The third kappa shape index (κ3) is 7.78. The van der Waals surface area contributed by atoms with E-state index in [-0.39, 0.29) is 25.3 Å². The van der Waals surface area contributed by atoms with E-state index >= 15 is 0 Å². The predicted molar refractivity (Wildman–Crippen MR) is 126 cm³/mol. The molecule has 5 atom stereocenters. The van der Waals surface area contributed by atoms with Crippen LogP contribution in [0, 0.1) is 5.92 Å². The summed E-state index contributed by atoms with van der Waals surface area (Å²) in [5.74, 6) is -4.93. The lowest BCUT2D eigenvalue weighted by atomic mass is 9.96. The van der Waals surface area contributed by atoms with Crippen molar-refractivity contribution in [1.29, 1.82) is 0 Å². The van der Waals surface area contributed by atoms with Gasteiger partial charge in [0.05, 0.1) is 12.5 Å². The van der Waals surface area contributed by atoms with Crippen LogP contribution in [0.2, 0.25) is 0 Å². The van der Waals surface area contributed by atoms with Gasteiger partial charge in [-0.25, -0.2) is 4.79 Å². The van der Waals surface area contributed by atoms with Crippen LogP contribution in [0.1, 0.15) is 45.1 Å². The minimum absolute atomic E-state index is 0.154. The van der Waals surface area contributed by atoms with Gasteiger partial charge in [-0.1, -0.05) is 50.6 Å². The second-order valence-corrected chi connectivity index (χ2v) is 8.85. The fourth-order valence-corrected chi connectivity index (χ4v) is 4.05. The van der Waals surface area contributed by atoms with Crippen molar-refractivity contribution in [2.24, 2.45) is 11.7 Å². The maximum Gasteiger partial charge on any atom is 0.326 e. The molecule has 11 heteroatoms. The molecular formula is C24H34N4O7. The van der Waals surface area contributed by atoms with E-state index in [0.29, 0.717) is 12.8 Å². The molecule has 0 saturated carbocycles. The summed E-state index contributed by atoms with van der Waals surface area (Å²) in [6, 6.07) is 4.62. The fourth-order valence-electron chi connectivity index (χ4n) is 4.05. The van der Waals surface area contributed by atoms with Crippen molar-refractivity contribution in [2.45, 2.75) is 70.1 Å². The number of carbonyl (C=O) groups excluding carboxylic acids is 3. The molecule has 5 unspecified atom stereocenters. The Bertz CT molecular complexity index is 924. The quantitative estimate of drug-likeness (QED) is 0.274. The SMILES string of the molecule is CCC(C)C(NC(=O)C(N)Cc1ccccc1)C(=O)NC(CC(=O)O)C(=O)N1CCCC1C(=O)O. The summed E-state index contributed by atoms with van der Waals surface area (Å²) in [6.07, 6.45) is 0.757. The van der Waals surface area contributed by atoms with Gasteiger partial charge in [-0.15, -0.1) is 0 Å². The van der Waals surface area contributed by atoms with E-state index in [4.69, 9.17) is 5.73 Å². The zero-order valence-electron chi connectivity index (χ0n) is 20.0. The van der Waals surface area contributed by atoms with Crippen molar-refractivity contribution in [2.75, 3.05) is 6.54 Å². The normalized spacial score (nSPS) is 18.7. The van der Waals surface area contributed by atoms with E-state index in [1.807, 2.05) is 37.3 Å². The van der Waals surface area contributed by atoms with E-state index in [1.54, 1.807) is 6.92 Å². The van der Waals surface area contributed by atoms with Crippen LogP contribution in [-0.4, -0.2) is 75.5 Å². The Morgan fingerprint density at radius 1 is 1.09 bits per heavy atom. The van der Waals surface area contributed by atoms with E-state index in [9.17, 15) is 34.2 Å². The second-order valence-electron chi connectivity index (χ2n) is 8.85. The van der Waals surface area contributed by atoms with Gasteiger partial charge in [0.1, 0.15) is 18.1 Å². The molecule has 0 bridgehead atoms. The maximum absolute atomic E-state index is 13.1. The zero-order valence-corrected chi connectivity index (χ0v) is 20.0. The van der Waals surface area contributed by atoms with Crippen molar-refractivity contribution < 1.29 is 34.2 Å². The number of carboxylic acids is 2. The number of rotatable bonds is 12. The van der Waals surface area contributed by atoms with Crippen LogP contribution in [0.3, 0.4) is 0 Å². The van der Waals surface area contributed by atoms with Crippen molar-refractivity contribution in [3.63, 3.8) is 0 Å². The summed E-state index contributed by atoms with van der Waals surface area (Å²) in [5, 5.41) is 23.7. The van der Waals surface area contributed by atoms with Gasteiger partial charge in [-0.2, -0.15) is 0 Å². The first kappa shape index (κ1) is 27.8. The van der Waals surface area contributed by atoms with Crippen LogP contribution < -0.4 is 16.4 Å². The lowest BCUT2D eigenvalue weighted by Gasteiger charge is -2.30. The number of nitrogens with zero attached hydrogens (tertiary/aromatic N) is 1. The summed E-state index contributed by atoms with van der Waals surface area (Å²) < 4.78 is 0. The zero-order chi connectivity index (χ0) is 26.1. The highest BCUT2D eigenvalue weighted by molar-refractivity contribution is 5.96. The van der Waals surface area contributed by atoms with Gasteiger partial charge < -0.3 is 31.5 Å². The monoisotopic (exact) mass is 490 g/mol. The third-order valence-corrected chi connectivity index (χ3v) is 6.24. The molecule has 0 aromatic heterocycles. The van der Waals surface area contributed by atoms with Crippen molar-refractivity contribution >= 4 is 29.7 Å². The Kier molecular flexibility index (Phi) is 10.2. The van der Waals surface area contributed by atoms with Crippen LogP contribution in [0.4, 0.5) is 0 Å². The number of benzene rings is 1. The minimum Gasteiger partial charge on any atom is -0.481 e. The summed E-state index contributed by atoms with van der Waals surface area (Å²) in [7, 11) is 0. The van der Waals surface area contributed by atoms with E-state index in [2.05, 4.69) is 10.6 Å². The van der Waals surface area contributed by atoms with Crippen LogP contribution >= 0.6 is 0 Å². The highest BCUT2D eigenvalue weighted by atomic mass is 16.4. The molecule has 1 aromatic rings. The number of aliphatic carboxylic acids is 2. The van der Waals surface area contributed by atoms with Crippen molar-refractivity contribution in [3.05, 3.63) is 35.9 Å². The highest BCUT2D eigenvalue weighted by Crippen LogP contribution is 2.19. The third-order valence-electron chi connectivity index (χ3n) is 6.24. The van der Waals surface area contributed by atoms with Gasteiger partial charge in [0.15, 0.2) is 0 Å². The highest BCUT2D eigenvalue weighted by Gasteiger charge is 2.39. The molecule has 1 saturated heterocycles. The standard InChI is InChI=1S/C24H34N4O7/c1-3-14(2)20(27-21(31)16(25)12-15-8-5-4-6-9-15)22(32)26-17(13-19(29)30)23(33)28-11-7-10-18(28)24(34)35/h4-6,8-9,14,16-18,20H,3,7,10-13,25H2,1-2H3,(H,26,32)(H,27,31)(H,29,30)(H,34,35). The molecule has 11 nitrogen and oxygen atoms in total. The van der Waals surface area contributed by atoms with E-state index in [0.717, 1.165) is 10.5 Å². The van der Waals surface area contributed by atoms with Gasteiger partial charge in [0.2, 0.25) is 17.7 Å². The first-order valence-electron chi connectivity index (χ1n) is 11.7. The van der Waals surface area contributed by atoms with Crippen molar-refractivity contribution in [3.8, 4) is 0 Å². The number of hydrogen-bond acceptors (Lipinski definition) is 6. The molecule has 1 fully saturated rings.